The molecule has 1 unspecified atom stereocenters. The Morgan fingerprint density at radius 2 is 1.79 bits per heavy atom. The lowest BCUT2D eigenvalue weighted by Crippen LogP contribution is -2.30. The van der Waals surface area contributed by atoms with Crippen LogP contribution >= 0.6 is 0 Å². The Balaban J connectivity index is 1.35. The molecule has 4 aromatic rings. The van der Waals surface area contributed by atoms with E-state index in [1.807, 2.05) is 48.0 Å². The Hall–Kier alpha value is -4.47. The number of pyridine rings is 1. The molecule has 0 saturated heterocycles. The quantitative estimate of drug-likeness (QED) is 0.292. The molecule has 1 fully saturated rings. The highest BCUT2D eigenvalue weighted by molar-refractivity contribution is 5.96. The van der Waals surface area contributed by atoms with Crippen molar-refractivity contribution >= 4 is 17.6 Å². The molecule has 3 aromatic heterocycles. The number of carbonyl (C=O) groups is 2. The first kappa shape index (κ1) is 29.0. The van der Waals surface area contributed by atoms with Crippen LogP contribution in [-0.4, -0.2) is 43.5 Å². The number of ether oxygens (including phenoxy) is 1. The van der Waals surface area contributed by atoms with E-state index < -0.39 is 11.8 Å². The number of methoxy groups -OCH3 is 1. The molecular formula is C32H39N7O3. The van der Waals surface area contributed by atoms with Crippen LogP contribution in [0.5, 0.6) is 5.75 Å². The lowest BCUT2D eigenvalue weighted by molar-refractivity contribution is -0.119. The molecule has 220 valence electrons. The first-order valence-corrected chi connectivity index (χ1v) is 14.4. The Morgan fingerprint density at radius 3 is 2.38 bits per heavy atom. The van der Waals surface area contributed by atoms with Crippen molar-refractivity contribution in [2.75, 3.05) is 12.4 Å². The first-order valence-electron chi connectivity index (χ1n) is 14.4. The third-order valence-electron chi connectivity index (χ3n) is 8.46. The molecule has 42 heavy (non-hydrogen) atoms. The van der Waals surface area contributed by atoms with Gasteiger partial charge in [0, 0.05) is 30.1 Å². The van der Waals surface area contributed by atoms with Gasteiger partial charge in [0.05, 0.1) is 31.0 Å². The Labute approximate surface area is 246 Å². The summed E-state index contributed by atoms with van der Waals surface area (Å²) in [5, 5.41) is 12.3. The van der Waals surface area contributed by atoms with Crippen molar-refractivity contribution in [3.8, 4) is 16.9 Å². The van der Waals surface area contributed by atoms with Crippen molar-refractivity contribution in [2.45, 2.75) is 58.9 Å². The molecule has 1 aliphatic carbocycles. The van der Waals surface area contributed by atoms with Crippen molar-refractivity contribution in [1.29, 1.82) is 0 Å². The zero-order valence-corrected chi connectivity index (χ0v) is 24.9. The molecule has 1 atom stereocenters. The van der Waals surface area contributed by atoms with Crippen LogP contribution < -0.4 is 15.8 Å². The van der Waals surface area contributed by atoms with E-state index in [0.29, 0.717) is 24.0 Å². The molecule has 1 saturated carbocycles. The van der Waals surface area contributed by atoms with Crippen molar-refractivity contribution < 1.29 is 14.3 Å². The summed E-state index contributed by atoms with van der Waals surface area (Å²) in [5.41, 5.74) is 11.4. The highest BCUT2D eigenvalue weighted by Gasteiger charge is 2.35. The third kappa shape index (κ3) is 6.07. The fourth-order valence-corrected chi connectivity index (χ4v) is 6.07. The molecular weight excluding hydrogens is 530 g/mol. The zero-order chi connectivity index (χ0) is 30.0. The van der Waals surface area contributed by atoms with Gasteiger partial charge in [0.25, 0.3) is 5.91 Å². The molecule has 1 aliphatic rings. The minimum absolute atomic E-state index is 0.123. The molecule has 3 N–H and O–H groups in total. The van der Waals surface area contributed by atoms with E-state index in [4.69, 9.17) is 15.6 Å². The first-order chi connectivity index (χ1) is 20.1. The van der Waals surface area contributed by atoms with Crippen LogP contribution in [0.3, 0.4) is 0 Å². The lowest BCUT2D eigenvalue weighted by Gasteiger charge is -2.31. The minimum Gasteiger partial charge on any atom is -0.497 e. The van der Waals surface area contributed by atoms with Gasteiger partial charge in [0.1, 0.15) is 17.3 Å². The maximum Gasteiger partial charge on any atom is 0.266 e. The molecule has 0 aliphatic heterocycles. The monoisotopic (exact) mass is 569 g/mol. The number of hydrogen-bond acceptors (Lipinski definition) is 6. The summed E-state index contributed by atoms with van der Waals surface area (Å²) in [4.78, 5) is 30.2. The minimum atomic E-state index is -0.567. The van der Waals surface area contributed by atoms with Crippen molar-refractivity contribution in [3.05, 3.63) is 77.0 Å². The van der Waals surface area contributed by atoms with Gasteiger partial charge >= 0.3 is 0 Å². The number of nitrogens with zero attached hydrogens (tertiary/aromatic N) is 5. The summed E-state index contributed by atoms with van der Waals surface area (Å²) >= 11 is 0. The van der Waals surface area contributed by atoms with E-state index in [9.17, 15) is 9.59 Å². The Morgan fingerprint density at radius 1 is 1.07 bits per heavy atom. The summed E-state index contributed by atoms with van der Waals surface area (Å²) in [6, 6.07) is 13.4. The molecule has 2 amide bonds. The molecule has 10 nitrogen and oxygen atoms in total. The van der Waals surface area contributed by atoms with Gasteiger partial charge in [-0.3, -0.25) is 19.0 Å². The second kappa shape index (κ2) is 12.2. The Bertz CT molecular complexity index is 1560. The molecule has 5 rings (SSSR count). The fourth-order valence-electron chi connectivity index (χ4n) is 6.07. The molecule has 0 bridgehead atoms. The van der Waals surface area contributed by atoms with E-state index in [2.05, 4.69) is 29.2 Å². The number of benzene rings is 1. The van der Waals surface area contributed by atoms with Gasteiger partial charge in [-0.2, -0.15) is 10.2 Å². The van der Waals surface area contributed by atoms with Gasteiger partial charge in [-0.25, -0.2) is 4.98 Å². The van der Waals surface area contributed by atoms with Gasteiger partial charge < -0.3 is 15.8 Å². The zero-order valence-electron chi connectivity index (χ0n) is 24.9. The maximum atomic E-state index is 13.7. The van der Waals surface area contributed by atoms with Crippen LogP contribution in [0.4, 0.5) is 5.82 Å². The number of carbonyl (C=O) groups excluding carboxylic acids is 2. The fraction of sp³-hybridized carbons (Fsp3) is 0.406. The number of anilines is 1. The molecule has 1 aromatic carbocycles. The number of hydrogen-bond donors (Lipinski definition) is 2. The van der Waals surface area contributed by atoms with Crippen molar-refractivity contribution in [2.24, 2.45) is 24.6 Å². The van der Waals surface area contributed by atoms with Gasteiger partial charge in [0.2, 0.25) is 5.91 Å². The normalized spacial score (nSPS) is 17.5. The largest absolute Gasteiger partial charge is 0.497 e. The highest BCUT2D eigenvalue weighted by atomic mass is 16.5. The van der Waals surface area contributed by atoms with Crippen LogP contribution in [-0.2, 0) is 18.4 Å². The second-order valence-electron chi connectivity index (χ2n) is 11.4. The van der Waals surface area contributed by atoms with Crippen molar-refractivity contribution in [3.63, 3.8) is 0 Å². The number of nitrogens with one attached hydrogen (secondary N) is 1. The molecule has 0 spiro atoms. The summed E-state index contributed by atoms with van der Waals surface area (Å²) in [7, 11) is 3.33. The van der Waals surface area contributed by atoms with E-state index >= 15 is 0 Å². The summed E-state index contributed by atoms with van der Waals surface area (Å²) in [6.45, 7) is 6.93. The standard InChI is InChI=1S/C32H39N7O3/c1-19-6-10-23(11-7-19)30(26-16-27(31(33)40)38(4)37-26)32(41)35-28-15-12-24(17-34-28)29-20(2)36-39(21(29)3)18-22-8-13-25(42-5)14-9-22/h8-9,12-17,19,23,30H,6-7,10-11,18H2,1-5H3,(H2,33,40)(H,34,35,41). The van der Waals surface area contributed by atoms with Crippen LogP contribution in [0.2, 0.25) is 0 Å². The smallest absolute Gasteiger partial charge is 0.266 e. The topological polar surface area (TPSA) is 130 Å². The number of amides is 2. The molecule has 0 radical (unpaired) electrons. The predicted octanol–water partition coefficient (Wildman–Crippen LogP) is 5.00. The van der Waals surface area contributed by atoms with Gasteiger partial charge in [0.15, 0.2) is 0 Å². The summed E-state index contributed by atoms with van der Waals surface area (Å²) in [5.74, 6) is 0.797. The predicted molar refractivity (Wildman–Crippen MR) is 161 cm³/mol. The number of primary amides is 1. The number of aryl methyl sites for hydroxylation is 2. The molecule has 3 heterocycles. The van der Waals surface area contributed by atoms with Crippen molar-refractivity contribution in [1.82, 2.24) is 24.5 Å². The van der Waals surface area contributed by atoms with Crippen LogP contribution in [0.25, 0.3) is 11.1 Å². The highest BCUT2D eigenvalue weighted by Crippen LogP contribution is 2.39. The maximum absolute atomic E-state index is 13.7. The van der Waals surface area contributed by atoms with Gasteiger partial charge in [-0.05, 0) is 74.4 Å². The van der Waals surface area contributed by atoms with Crippen LogP contribution in [0.15, 0.2) is 48.7 Å². The van der Waals surface area contributed by atoms with E-state index in [1.54, 1.807) is 26.4 Å². The van der Waals surface area contributed by atoms with Gasteiger partial charge in [-0.1, -0.05) is 31.9 Å². The Kier molecular flexibility index (Phi) is 8.42. The number of aromatic nitrogens is 5. The lowest BCUT2D eigenvalue weighted by atomic mass is 9.75. The van der Waals surface area contributed by atoms with E-state index in [0.717, 1.165) is 59.5 Å². The van der Waals surface area contributed by atoms with Crippen LogP contribution in [0, 0.1) is 25.7 Å². The van der Waals surface area contributed by atoms with Crippen LogP contribution in [0.1, 0.15) is 71.7 Å². The van der Waals surface area contributed by atoms with E-state index in [1.165, 1.54) is 4.68 Å². The second-order valence-corrected chi connectivity index (χ2v) is 11.4. The SMILES string of the molecule is COc1ccc(Cn2nc(C)c(-c3ccc(NC(=O)C(c4cc(C(N)=O)n(C)n4)C4CCC(C)CC4)nc3)c2C)cc1. The summed E-state index contributed by atoms with van der Waals surface area (Å²) < 4.78 is 8.71. The molecule has 10 heteroatoms. The number of rotatable bonds is 9. The summed E-state index contributed by atoms with van der Waals surface area (Å²) in [6.07, 6.45) is 5.73. The van der Waals surface area contributed by atoms with E-state index in [-0.39, 0.29) is 17.5 Å². The average Bonchev–Trinajstić information content (AvgIpc) is 3.49. The number of nitrogens with two attached hydrogens (primary N) is 1. The third-order valence-corrected chi connectivity index (χ3v) is 8.46. The average molecular weight is 570 g/mol. The van der Waals surface area contributed by atoms with Gasteiger partial charge in [-0.15, -0.1) is 0 Å².